The van der Waals surface area contributed by atoms with Crippen molar-refractivity contribution in [1.29, 1.82) is 0 Å². The topological polar surface area (TPSA) is 81.6 Å². The summed E-state index contributed by atoms with van der Waals surface area (Å²) >= 11 is 0. The third kappa shape index (κ3) is 4.61. The number of carbonyl (C=O) groups excluding carboxylic acids is 1. The Morgan fingerprint density at radius 2 is 1.31 bits per heavy atom. The van der Waals surface area contributed by atoms with Gasteiger partial charge in [-0.05, 0) is 50.3 Å². The minimum Gasteiger partial charge on any atom is -0.355 e. The molecule has 0 N–H and O–H groups in total. The van der Waals surface area contributed by atoms with Gasteiger partial charge in [0.25, 0.3) is 0 Å². The Kier molecular flexibility index (Phi) is 6.31. The molecular weight excluding hydrogens is 404 g/mol. The molecule has 1 amide bonds. The number of anilines is 3. The van der Waals surface area contributed by atoms with Crippen molar-refractivity contribution in [3.8, 4) is 0 Å². The van der Waals surface area contributed by atoms with E-state index in [-0.39, 0.29) is 5.92 Å². The smallest absolute Gasteiger partial charge is 0.225 e. The van der Waals surface area contributed by atoms with Crippen LogP contribution in [0.25, 0.3) is 0 Å². The second-order valence-electron chi connectivity index (χ2n) is 8.92. The highest BCUT2D eigenvalue weighted by molar-refractivity contribution is 5.79. The number of hydrogen-bond acceptors (Lipinski definition) is 8. The maximum absolute atomic E-state index is 13.1. The van der Waals surface area contributed by atoms with Crippen LogP contribution >= 0.6 is 0 Å². The summed E-state index contributed by atoms with van der Waals surface area (Å²) in [4.78, 5) is 30.5. The van der Waals surface area contributed by atoms with Gasteiger partial charge in [-0.25, -0.2) is 9.97 Å². The van der Waals surface area contributed by atoms with Gasteiger partial charge in [-0.2, -0.15) is 0 Å². The summed E-state index contributed by atoms with van der Waals surface area (Å²) in [6.45, 7) is 6.91. The van der Waals surface area contributed by atoms with Crippen LogP contribution in [0.3, 0.4) is 0 Å². The number of rotatable bonds is 4. The lowest BCUT2D eigenvalue weighted by atomic mass is 9.95. The van der Waals surface area contributed by atoms with Crippen molar-refractivity contribution in [2.75, 3.05) is 67.1 Å². The third-order valence-corrected chi connectivity index (χ3v) is 6.91. The Morgan fingerprint density at radius 3 is 1.91 bits per heavy atom. The number of nitrogens with zero attached hydrogens (tertiary/aromatic N) is 8. The molecule has 0 aliphatic carbocycles. The van der Waals surface area contributed by atoms with Crippen LogP contribution < -0.4 is 14.7 Å². The lowest BCUT2D eigenvalue weighted by Gasteiger charge is -2.38. The van der Waals surface area contributed by atoms with E-state index in [1.807, 2.05) is 11.0 Å². The molecule has 5 heterocycles. The third-order valence-electron chi connectivity index (χ3n) is 6.91. The van der Waals surface area contributed by atoms with Gasteiger partial charge in [-0.15, -0.1) is 10.2 Å². The average molecular weight is 437 g/mol. The minimum absolute atomic E-state index is 0.103. The Hall–Kier alpha value is -2.97. The molecule has 3 aliphatic rings. The zero-order valence-corrected chi connectivity index (χ0v) is 18.6. The molecule has 170 valence electrons. The lowest BCUT2D eigenvalue weighted by molar-refractivity contribution is -0.136. The van der Waals surface area contributed by atoms with Gasteiger partial charge in [0.2, 0.25) is 11.9 Å². The predicted molar refractivity (Wildman–Crippen MR) is 124 cm³/mol. The first-order chi connectivity index (χ1) is 15.8. The fourth-order valence-corrected chi connectivity index (χ4v) is 4.97. The predicted octanol–water partition coefficient (Wildman–Crippen LogP) is 1.82. The summed E-state index contributed by atoms with van der Waals surface area (Å²) in [7, 11) is 0. The van der Waals surface area contributed by atoms with Gasteiger partial charge in [0.05, 0.1) is 0 Å². The van der Waals surface area contributed by atoms with Crippen molar-refractivity contribution < 1.29 is 4.79 Å². The van der Waals surface area contributed by atoms with Crippen molar-refractivity contribution >= 4 is 23.5 Å². The molecule has 0 saturated carbocycles. The molecule has 2 aromatic heterocycles. The van der Waals surface area contributed by atoms with Gasteiger partial charge in [0, 0.05) is 70.7 Å². The quantitative estimate of drug-likeness (QED) is 0.718. The summed E-state index contributed by atoms with van der Waals surface area (Å²) in [5.74, 6) is 3.06. The zero-order chi connectivity index (χ0) is 21.8. The van der Waals surface area contributed by atoms with E-state index < -0.39 is 0 Å². The molecule has 0 unspecified atom stereocenters. The number of aromatic nitrogens is 4. The maximum Gasteiger partial charge on any atom is 0.225 e. The fraction of sp³-hybridized carbons (Fsp3) is 0.609. The van der Waals surface area contributed by atoms with E-state index in [1.165, 1.54) is 19.3 Å². The van der Waals surface area contributed by atoms with E-state index >= 15 is 0 Å². The number of hydrogen-bond donors (Lipinski definition) is 0. The highest BCUT2D eigenvalue weighted by Gasteiger charge is 2.31. The molecule has 9 nitrogen and oxygen atoms in total. The molecule has 32 heavy (non-hydrogen) atoms. The fourth-order valence-electron chi connectivity index (χ4n) is 4.97. The van der Waals surface area contributed by atoms with E-state index in [1.54, 1.807) is 12.4 Å². The van der Waals surface area contributed by atoms with Gasteiger partial charge < -0.3 is 19.6 Å². The second-order valence-corrected chi connectivity index (χ2v) is 8.92. The van der Waals surface area contributed by atoms with Gasteiger partial charge >= 0.3 is 0 Å². The summed E-state index contributed by atoms with van der Waals surface area (Å²) < 4.78 is 0. The highest BCUT2D eigenvalue weighted by atomic mass is 16.2. The SMILES string of the molecule is O=C(C1CCN(c2ccc(N3CCCCC3)nn2)CC1)N1CCN(c2ncccn2)CC1. The monoisotopic (exact) mass is 436 g/mol. The number of carbonyl (C=O) groups is 1. The largest absolute Gasteiger partial charge is 0.355 e. The molecule has 0 bridgehead atoms. The molecule has 3 aliphatic heterocycles. The van der Waals surface area contributed by atoms with Gasteiger partial charge in [-0.1, -0.05) is 0 Å². The first-order valence-electron chi connectivity index (χ1n) is 11.9. The number of piperazine rings is 1. The van der Waals surface area contributed by atoms with E-state index in [4.69, 9.17) is 0 Å². The van der Waals surface area contributed by atoms with Gasteiger partial charge in [0.1, 0.15) is 0 Å². The van der Waals surface area contributed by atoms with Gasteiger partial charge in [0.15, 0.2) is 11.6 Å². The zero-order valence-electron chi connectivity index (χ0n) is 18.6. The normalized spacial score (nSPS) is 20.5. The molecular formula is C23H32N8O. The minimum atomic E-state index is 0.103. The molecule has 3 fully saturated rings. The Bertz CT molecular complexity index is 871. The summed E-state index contributed by atoms with van der Waals surface area (Å²) in [5.41, 5.74) is 0. The van der Waals surface area contributed by atoms with Crippen LogP contribution in [-0.2, 0) is 4.79 Å². The standard InChI is InChI=1S/C23H32N8O/c32-22(30-15-17-31(18-16-30)23-24-9-4-10-25-23)19-7-13-29(14-8-19)21-6-5-20(26-27-21)28-11-2-1-3-12-28/h4-6,9-10,19H,1-3,7-8,11-18H2. The average Bonchev–Trinajstić information content (AvgIpc) is 2.90. The highest BCUT2D eigenvalue weighted by Crippen LogP contribution is 2.25. The molecule has 0 atom stereocenters. The van der Waals surface area contributed by atoms with Crippen LogP contribution in [0.1, 0.15) is 32.1 Å². The van der Waals surface area contributed by atoms with Crippen molar-refractivity contribution in [3.05, 3.63) is 30.6 Å². The van der Waals surface area contributed by atoms with Crippen LogP contribution in [0.15, 0.2) is 30.6 Å². The summed E-state index contributed by atoms with van der Waals surface area (Å²) in [6, 6.07) is 6.01. The Morgan fingerprint density at radius 1 is 0.719 bits per heavy atom. The molecule has 5 rings (SSSR count). The molecule has 0 aromatic carbocycles. The number of amides is 1. The van der Waals surface area contributed by atoms with Crippen molar-refractivity contribution in [2.45, 2.75) is 32.1 Å². The van der Waals surface area contributed by atoms with E-state index in [0.717, 1.165) is 82.8 Å². The van der Waals surface area contributed by atoms with E-state index in [9.17, 15) is 4.79 Å². The van der Waals surface area contributed by atoms with Crippen LogP contribution in [-0.4, -0.2) is 83.3 Å². The first kappa shape index (κ1) is 20.9. The first-order valence-corrected chi connectivity index (χ1v) is 11.9. The van der Waals surface area contributed by atoms with Crippen molar-refractivity contribution in [1.82, 2.24) is 25.1 Å². The van der Waals surface area contributed by atoms with Gasteiger partial charge in [-0.3, -0.25) is 4.79 Å². The number of piperidine rings is 2. The summed E-state index contributed by atoms with van der Waals surface area (Å²) in [5, 5.41) is 8.98. The molecule has 3 saturated heterocycles. The van der Waals surface area contributed by atoms with E-state index in [0.29, 0.717) is 5.91 Å². The summed E-state index contributed by atoms with van der Waals surface area (Å²) in [6.07, 6.45) is 9.05. The van der Waals surface area contributed by atoms with Crippen molar-refractivity contribution in [2.24, 2.45) is 5.92 Å². The van der Waals surface area contributed by atoms with Crippen LogP contribution in [0.2, 0.25) is 0 Å². The Balaban J connectivity index is 1.10. The van der Waals surface area contributed by atoms with Crippen molar-refractivity contribution in [3.63, 3.8) is 0 Å². The maximum atomic E-state index is 13.1. The van der Waals surface area contributed by atoms with Crippen LogP contribution in [0.5, 0.6) is 0 Å². The van der Waals surface area contributed by atoms with Crippen LogP contribution in [0.4, 0.5) is 17.6 Å². The molecule has 2 aromatic rings. The molecule has 0 radical (unpaired) electrons. The molecule has 9 heteroatoms. The second kappa shape index (κ2) is 9.67. The molecule has 0 spiro atoms. The van der Waals surface area contributed by atoms with E-state index in [2.05, 4.69) is 47.0 Å². The lowest BCUT2D eigenvalue weighted by Crippen LogP contribution is -2.52. The Labute approximate surface area is 189 Å². The van der Waals surface area contributed by atoms with Crippen LogP contribution in [0, 0.1) is 5.92 Å².